The number of aliphatic imine (C=N–C) groups is 1. The Hall–Kier alpha value is -1.34. The van der Waals surface area contributed by atoms with Gasteiger partial charge < -0.3 is 24.4 Å². The number of methoxy groups -OCH3 is 2. The number of nitrogens with zero attached hydrogens (tertiary/aromatic N) is 2. The molecule has 0 radical (unpaired) electrons. The molecular weight excluding hydrogens is 274 g/mol. The molecule has 7 heteroatoms. The molecule has 1 aliphatic rings. The minimum absolute atomic E-state index is 0.0912. The average Bonchev–Trinajstić information content (AvgIpc) is 2.87. The van der Waals surface area contributed by atoms with Crippen LogP contribution in [-0.2, 0) is 19.0 Å². The second-order valence-corrected chi connectivity index (χ2v) is 5.09. The normalized spacial score (nSPS) is 22.5. The summed E-state index contributed by atoms with van der Waals surface area (Å²) in [6.45, 7) is 5.93. The highest BCUT2D eigenvalue weighted by Gasteiger charge is 2.36. The van der Waals surface area contributed by atoms with Gasteiger partial charge in [-0.3, -0.25) is 9.79 Å². The highest BCUT2D eigenvalue weighted by atomic mass is 16.5. The maximum Gasteiger partial charge on any atom is 0.310 e. The summed E-state index contributed by atoms with van der Waals surface area (Å²) in [6.07, 6.45) is 0. The van der Waals surface area contributed by atoms with Gasteiger partial charge in [0.1, 0.15) is 0 Å². The zero-order valence-electron chi connectivity index (χ0n) is 13.4. The Morgan fingerprint density at radius 2 is 2.05 bits per heavy atom. The molecule has 2 unspecified atom stereocenters. The molecule has 0 bridgehead atoms. The topological polar surface area (TPSA) is 72.4 Å². The first kappa shape index (κ1) is 17.7. The van der Waals surface area contributed by atoms with Gasteiger partial charge in [0.05, 0.1) is 32.8 Å². The quantitative estimate of drug-likeness (QED) is 0.308. The van der Waals surface area contributed by atoms with Gasteiger partial charge in [-0.15, -0.1) is 0 Å². The SMILES string of the molecule is CN=C(NCCOCCOC)N1CC(C)C(C(=O)OC)C1. The fraction of sp³-hybridized carbons (Fsp3) is 0.857. The van der Waals surface area contributed by atoms with E-state index in [9.17, 15) is 4.79 Å². The lowest BCUT2D eigenvalue weighted by molar-refractivity contribution is -0.145. The highest BCUT2D eigenvalue weighted by molar-refractivity contribution is 5.82. The first-order chi connectivity index (χ1) is 10.1. The average molecular weight is 301 g/mol. The smallest absolute Gasteiger partial charge is 0.310 e. The van der Waals surface area contributed by atoms with Gasteiger partial charge in [0, 0.05) is 33.8 Å². The Kier molecular flexibility index (Phi) is 8.07. The van der Waals surface area contributed by atoms with Gasteiger partial charge in [-0.25, -0.2) is 0 Å². The van der Waals surface area contributed by atoms with Gasteiger partial charge in [-0.05, 0) is 5.92 Å². The van der Waals surface area contributed by atoms with Crippen LogP contribution >= 0.6 is 0 Å². The second-order valence-electron chi connectivity index (χ2n) is 5.09. The summed E-state index contributed by atoms with van der Waals surface area (Å²) >= 11 is 0. The number of nitrogens with one attached hydrogen (secondary N) is 1. The van der Waals surface area contributed by atoms with Crippen molar-refractivity contribution in [3.63, 3.8) is 0 Å². The molecule has 0 aromatic heterocycles. The van der Waals surface area contributed by atoms with E-state index in [-0.39, 0.29) is 17.8 Å². The fourth-order valence-corrected chi connectivity index (χ4v) is 2.41. The minimum Gasteiger partial charge on any atom is -0.469 e. The Morgan fingerprint density at radius 1 is 1.29 bits per heavy atom. The molecule has 1 saturated heterocycles. The van der Waals surface area contributed by atoms with Crippen molar-refractivity contribution in [1.82, 2.24) is 10.2 Å². The van der Waals surface area contributed by atoms with Crippen molar-refractivity contribution in [2.45, 2.75) is 6.92 Å². The molecule has 7 nitrogen and oxygen atoms in total. The lowest BCUT2D eigenvalue weighted by atomic mass is 9.99. The van der Waals surface area contributed by atoms with Crippen molar-refractivity contribution in [2.24, 2.45) is 16.8 Å². The molecule has 21 heavy (non-hydrogen) atoms. The molecule has 0 aromatic carbocycles. The van der Waals surface area contributed by atoms with Crippen LogP contribution in [0.15, 0.2) is 4.99 Å². The van der Waals surface area contributed by atoms with Crippen molar-refractivity contribution in [3.05, 3.63) is 0 Å². The molecule has 1 N–H and O–H groups in total. The number of carbonyl (C=O) groups is 1. The largest absolute Gasteiger partial charge is 0.469 e. The number of esters is 1. The molecule has 0 aliphatic carbocycles. The molecule has 0 saturated carbocycles. The molecule has 1 heterocycles. The lowest BCUT2D eigenvalue weighted by Gasteiger charge is -2.21. The zero-order valence-corrected chi connectivity index (χ0v) is 13.4. The molecular formula is C14H27N3O4. The van der Waals surface area contributed by atoms with E-state index in [1.54, 1.807) is 14.2 Å². The number of likely N-dealkylation sites (tertiary alicyclic amines) is 1. The van der Waals surface area contributed by atoms with Crippen LogP contribution in [0.5, 0.6) is 0 Å². The number of hydrogen-bond donors (Lipinski definition) is 1. The van der Waals surface area contributed by atoms with Crippen molar-refractivity contribution < 1.29 is 19.0 Å². The van der Waals surface area contributed by atoms with Crippen molar-refractivity contribution in [3.8, 4) is 0 Å². The standard InChI is InChI=1S/C14H27N3O4/c1-11-9-17(10-12(11)13(18)20-4)14(15-2)16-5-6-21-8-7-19-3/h11-12H,5-10H2,1-4H3,(H,15,16). The first-order valence-electron chi connectivity index (χ1n) is 7.24. The first-order valence-corrected chi connectivity index (χ1v) is 7.24. The van der Waals surface area contributed by atoms with Gasteiger partial charge >= 0.3 is 5.97 Å². The van der Waals surface area contributed by atoms with E-state index in [1.165, 1.54) is 7.11 Å². The van der Waals surface area contributed by atoms with Gasteiger partial charge in [0.25, 0.3) is 0 Å². The van der Waals surface area contributed by atoms with Gasteiger partial charge in [0.2, 0.25) is 0 Å². The molecule has 0 aromatic rings. The van der Waals surface area contributed by atoms with Crippen LogP contribution in [0.2, 0.25) is 0 Å². The molecule has 1 aliphatic heterocycles. The zero-order chi connectivity index (χ0) is 15.7. The summed E-state index contributed by atoms with van der Waals surface area (Å²) in [5.74, 6) is 0.812. The van der Waals surface area contributed by atoms with E-state index in [1.807, 2.05) is 0 Å². The number of guanidine groups is 1. The third-order valence-corrected chi connectivity index (χ3v) is 3.59. The minimum atomic E-state index is -0.150. The Bertz CT molecular complexity index is 349. The van der Waals surface area contributed by atoms with E-state index in [4.69, 9.17) is 14.2 Å². The molecule has 1 rings (SSSR count). The summed E-state index contributed by atoms with van der Waals surface area (Å²) < 4.78 is 15.1. The van der Waals surface area contributed by atoms with E-state index in [2.05, 4.69) is 22.1 Å². The summed E-state index contributed by atoms with van der Waals surface area (Å²) in [7, 11) is 4.82. The molecule has 0 spiro atoms. The fourth-order valence-electron chi connectivity index (χ4n) is 2.41. The predicted molar refractivity (Wildman–Crippen MR) is 80.3 cm³/mol. The third kappa shape index (κ3) is 5.51. The summed E-state index contributed by atoms with van der Waals surface area (Å²) in [5, 5.41) is 3.24. The van der Waals surface area contributed by atoms with Gasteiger partial charge in [-0.1, -0.05) is 6.92 Å². The van der Waals surface area contributed by atoms with Crippen LogP contribution < -0.4 is 5.32 Å². The van der Waals surface area contributed by atoms with Crippen LogP contribution in [-0.4, -0.2) is 77.6 Å². The molecule has 1 fully saturated rings. The van der Waals surface area contributed by atoms with Gasteiger partial charge in [0.15, 0.2) is 5.96 Å². The van der Waals surface area contributed by atoms with Crippen LogP contribution in [0.3, 0.4) is 0 Å². The van der Waals surface area contributed by atoms with E-state index >= 15 is 0 Å². The second kappa shape index (κ2) is 9.57. The molecule has 2 atom stereocenters. The monoisotopic (exact) mass is 301 g/mol. The summed E-state index contributed by atoms with van der Waals surface area (Å²) in [6, 6.07) is 0. The Balaban J connectivity index is 2.35. The third-order valence-electron chi connectivity index (χ3n) is 3.59. The van der Waals surface area contributed by atoms with Crippen LogP contribution in [0.4, 0.5) is 0 Å². The molecule has 0 amide bonds. The Morgan fingerprint density at radius 3 is 2.67 bits per heavy atom. The lowest BCUT2D eigenvalue weighted by Crippen LogP contribution is -2.42. The van der Waals surface area contributed by atoms with Gasteiger partial charge in [-0.2, -0.15) is 0 Å². The number of rotatable bonds is 7. The van der Waals surface area contributed by atoms with E-state index in [0.717, 1.165) is 12.5 Å². The van der Waals surface area contributed by atoms with Crippen LogP contribution in [0.1, 0.15) is 6.92 Å². The van der Waals surface area contributed by atoms with E-state index in [0.29, 0.717) is 32.9 Å². The van der Waals surface area contributed by atoms with Crippen molar-refractivity contribution in [1.29, 1.82) is 0 Å². The van der Waals surface area contributed by atoms with Crippen molar-refractivity contribution >= 4 is 11.9 Å². The maximum absolute atomic E-state index is 11.7. The van der Waals surface area contributed by atoms with Crippen molar-refractivity contribution in [2.75, 3.05) is 60.7 Å². The van der Waals surface area contributed by atoms with Crippen LogP contribution in [0.25, 0.3) is 0 Å². The molecule has 122 valence electrons. The summed E-state index contributed by atoms with van der Waals surface area (Å²) in [4.78, 5) is 18.0. The maximum atomic E-state index is 11.7. The van der Waals surface area contributed by atoms with E-state index < -0.39 is 0 Å². The Labute approximate surface area is 126 Å². The number of ether oxygens (including phenoxy) is 3. The summed E-state index contributed by atoms with van der Waals surface area (Å²) in [5.41, 5.74) is 0. The predicted octanol–water partition coefficient (Wildman–Crippen LogP) is -0.0343. The number of carbonyl (C=O) groups excluding carboxylic acids is 1. The number of hydrogen-bond acceptors (Lipinski definition) is 5. The highest BCUT2D eigenvalue weighted by Crippen LogP contribution is 2.23. The van der Waals surface area contributed by atoms with Crippen LogP contribution in [0, 0.1) is 11.8 Å².